The smallest absolute Gasteiger partial charge is 0.403 e. The van der Waals surface area contributed by atoms with Crippen molar-refractivity contribution in [3.63, 3.8) is 0 Å². The Balaban J connectivity index is 1.32. The number of nitrogens with zero attached hydrogens (tertiary/aromatic N) is 5. The molecule has 1 aromatic carbocycles. The maximum Gasteiger partial charge on any atom is 0.573 e. The van der Waals surface area contributed by atoms with Gasteiger partial charge in [0, 0.05) is 57.1 Å². The first kappa shape index (κ1) is 26.6. The van der Waals surface area contributed by atoms with E-state index in [4.69, 9.17) is 4.74 Å². The SMILES string of the molecule is C[C@@H]1CCc2ncnc(N3CCN(C(=O)[C@@H](CN4CCOCC4)c4ccc(OC(F)(F)F)c(F)c4)CC3)c21. The van der Waals surface area contributed by atoms with E-state index in [1.807, 2.05) is 0 Å². The zero-order chi connectivity index (χ0) is 26.9. The number of anilines is 1. The number of alkyl halides is 3. The summed E-state index contributed by atoms with van der Waals surface area (Å²) in [5.41, 5.74) is 2.60. The number of hydrogen-bond donors (Lipinski definition) is 0. The van der Waals surface area contributed by atoms with Crippen molar-refractivity contribution >= 4 is 11.7 Å². The molecule has 1 amide bonds. The Labute approximate surface area is 218 Å². The topological polar surface area (TPSA) is 71.0 Å². The molecule has 0 radical (unpaired) electrons. The van der Waals surface area contributed by atoms with Crippen LogP contribution < -0.4 is 9.64 Å². The Morgan fingerprint density at radius 3 is 2.55 bits per heavy atom. The van der Waals surface area contributed by atoms with Gasteiger partial charge in [-0.15, -0.1) is 13.2 Å². The molecule has 2 fully saturated rings. The molecule has 2 saturated heterocycles. The predicted molar refractivity (Wildman–Crippen MR) is 131 cm³/mol. The summed E-state index contributed by atoms with van der Waals surface area (Å²) in [7, 11) is 0. The third kappa shape index (κ3) is 5.85. The Kier molecular flexibility index (Phi) is 7.71. The number of aryl methyl sites for hydroxylation is 1. The average molecular weight is 538 g/mol. The average Bonchev–Trinajstić information content (AvgIpc) is 3.29. The van der Waals surface area contributed by atoms with Crippen molar-refractivity contribution in [2.24, 2.45) is 0 Å². The lowest BCUT2D eigenvalue weighted by molar-refractivity contribution is -0.275. The van der Waals surface area contributed by atoms with Crippen LogP contribution in [0, 0.1) is 5.82 Å². The number of hydrogen-bond acceptors (Lipinski definition) is 7. The van der Waals surface area contributed by atoms with E-state index >= 15 is 0 Å². The zero-order valence-corrected chi connectivity index (χ0v) is 21.2. The van der Waals surface area contributed by atoms with Crippen LogP contribution in [0.15, 0.2) is 24.5 Å². The van der Waals surface area contributed by atoms with Gasteiger partial charge in [-0.1, -0.05) is 13.0 Å². The summed E-state index contributed by atoms with van der Waals surface area (Å²) < 4.78 is 61.7. The maximum atomic E-state index is 14.6. The summed E-state index contributed by atoms with van der Waals surface area (Å²) in [6.45, 7) is 6.89. The van der Waals surface area contributed by atoms with Crippen LogP contribution in [0.5, 0.6) is 5.75 Å². The molecule has 3 aliphatic rings. The molecule has 3 heterocycles. The lowest BCUT2D eigenvalue weighted by Crippen LogP contribution is -2.52. The molecule has 0 bridgehead atoms. The molecule has 0 spiro atoms. The third-order valence-electron chi connectivity index (χ3n) is 7.57. The first-order valence-corrected chi connectivity index (χ1v) is 12.9. The molecule has 5 rings (SSSR count). The number of fused-ring (bicyclic) bond motifs is 1. The number of halogens is 4. The molecule has 1 aliphatic carbocycles. The fourth-order valence-electron chi connectivity index (χ4n) is 5.54. The van der Waals surface area contributed by atoms with Crippen molar-refractivity contribution in [1.29, 1.82) is 0 Å². The highest BCUT2D eigenvalue weighted by Gasteiger charge is 2.35. The lowest BCUT2D eigenvalue weighted by Gasteiger charge is -2.39. The van der Waals surface area contributed by atoms with Crippen molar-refractivity contribution in [1.82, 2.24) is 19.8 Å². The van der Waals surface area contributed by atoms with E-state index in [1.54, 1.807) is 11.2 Å². The van der Waals surface area contributed by atoms with Gasteiger partial charge in [-0.2, -0.15) is 0 Å². The molecular weight excluding hydrogens is 506 g/mol. The molecule has 0 saturated carbocycles. The van der Waals surface area contributed by atoms with Crippen LogP contribution in [0.1, 0.15) is 42.0 Å². The minimum Gasteiger partial charge on any atom is -0.403 e. The van der Waals surface area contributed by atoms with Gasteiger partial charge in [-0.05, 0) is 36.5 Å². The molecule has 38 heavy (non-hydrogen) atoms. The highest BCUT2D eigenvalue weighted by molar-refractivity contribution is 5.84. The number of ether oxygens (including phenoxy) is 2. The summed E-state index contributed by atoms with van der Waals surface area (Å²) >= 11 is 0. The van der Waals surface area contributed by atoms with E-state index in [1.165, 1.54) is 11.6 Å². The third-order valence-corrected chi connectivity index (χ3v) is 7.57. The van der Waals surface area contributed by atoms with Gasteiger partial charge in [0.2, 0.25) is 5.91 Å². The van der Waals surface area contributed by atoms with Crippen molar-refractivity contribution < 1.29 is 31.8 Å². The molecule has 8 nitrogen and oxygen atoms in total. The van der Waals surface area contributed by atoms with E-state index in [0.29, 0.717) is 70.5 Å². The van der Waals surface area contributed by atoms with E-state index in [0.717, 1.165) is 36.5 Å². The van der Waals surface area contributed by atoms with Crippen LogP contribution in [-0.2, 0) is 16.0 Å². The number of carbonyl (C=O) groups is 1. The Morgan fingerprint density at radius 2 is 1.87 bits per heavy atom. The normalized spacial score (nSPS) is 21.3. The summed E-state index contributed by atoms with van der Waals surface area (Å²) in [6, 6.07) is 3.26. The van der Waals surface area contributed by atoms with Crippen molar-refractivity contribution in [2.75, 3.05) is 63.9 Å². The molecule has 1 aromatic heterocycles. The highest BCUT2D eigenvalue weighted by atomic mass is 19.4. The number of rotatable bonds is 6. The second-order valence-corrected chi connectivity index (χ2v) is 10.0. The van der Waals surface area contributed by atoms with Gasteiger partial charge in [-0.25, -0.2) is 14.4 Å². The second-order valence-electron chi connectivity index (χ2n) is 10.0. The van der Waals surface area contributed by atoms with Gasteiger partial charge in [-0.3, -0.25) is 9.69 Å². The van der Waals surface area contributed by atoms with Crippen molar-refractivity contribution in [2.45, 2.75) is 38.0 Å². The van der Waals surface area contributed by atoms with Crippen molar-refractivity contribution in [3.05, 3.63) is 47.2 Å². The Morgan fingerprint density at radius 1 is 1.13 bits per heavy atom. The minimum absolute atomic E-state index is 0.179. The van der Waals surface area contributed by atoms with Crippen LogP contribution >= 0.6 is 0 Å². The number of aromatic nitrogens is 2. The zero-order valence-electron chi connectivity index (χ0n) is 21.2. The van der Waals surface area contributed by atoms with Crippen molar-refractivity contribution in [3.8, 4) is 5.75 Å². The van der Waals surface area contributed by atoms with Gasteiger partial charge >= 0.3 is 6.36 Å². The first-order valence-electron chi connectivity index (χ1n) is 12.9. The molecule has 206 valence electrons. The lowest BCUT2D eigenvalue weighted by atomic mass is 9.95. The molecule has 0 N–H and O–H groups in total. The fraction of sp³-hybridized carbons (Fsp3) is 0.577. The van der Waals surface area contributed by atoms with Crippen LogP contribution in [0.25, 0.3) is 0 Å². The first-order chi connectivity index (χ1) is 18.2. The maximum absolute atomic E-state index is 14.6. The molecule has 0 unspecified atom stereocenters. The quantitative estimate of drug-likeness (QED) is 0.524. The Hall–Kier alpha value is -2.99. The molecular formula is C26H31F4N5O3. The van der Waals surface area contributed by atoms with E-state index < -0.39 is 23.8 Å². The monoisotopic (exact) mass is 537 g/mol. The molecule has 2 aliphatic heterocycles. The van der Waals surface area contributed by atoms with Crippen LogP contribution in [0.2, 0.25) is 0 Å². The van der Waals surface area contributed by atoms with Gasteiger partial charge in [0.1, 0.15) is 12.1 Å². The second kappa shape index (κ2) is 11.0. The standard InChI is InChI=1S/C26H31F4N5O3/c1-17-2-4-21-23(17)24(32-16-31-21)34-6-8-35(9-7-34)25(36)19(15-33-10-12-37-13-11-33)18-3-5-22(20(27)14-18)38-26(28,29)30/h3,5,14,16-17,19H,2,4,6-13,15H2,1H3/t17-,19+/m1/s1. The Bertz CT molecular complexity index is 1150. The fourth-order valence-corrected chi connectivity index (χ4v) is 5.54. The van der Waals surface area contributed by atoms with E-state index in [-0.39, 0.29) is 5.91 Å². The molecule has 2 aromatic rings. The summed E-state index contributed by atoms with van der Waals surface area (Å²) in [4.78, 5) is 28.8. The minimum atomic E-state index is -5.01. The number of morpholine rings is 1. The molecule has 2 atom stereocenters. The van der Waals surface area contributed by atoms with E-state index in [2.05, 4.69) is 31.4 Å². The number of benzene rings is 1. The van der Waals surface area contributed by atoms with Crippen LogP contribution in [0.4, 0.5) is 23.4 Å². The summed E-state index contributed by atoms with van der Waals surface area (Å²) in [5.74, 6) is -1.67. The van der Waals surface area contributed by atoms with Crippen LogP contribution in [0.3, 0.4) is 0 Å². The highest BCUT2D eigenvalue weighted by Crippen LogP contribution is 2.37. The summed E-state index contributed by atoms with van der Waals surface area (Å²) in [6.07, 6.45) is -1.42. The van der Waals surface area contributed by atoms with Gasteiger partial charge in [0.05, 0.1) is 19.1 Å². The summed E-state index contributed by atoms with van der Waals surface area (Å²) in [5, 5.41) is 0. The van der Waals surface area contributed by atoms with Gasteiger partial charge < -0.3 is 19.3 Å². The molecule has 12 heteroatoms. The number of carbonyl (C=O) groups excluding carboxylic acids is 1. The number of piperazine rings is 1. The van der Waals surface area contributed by atoms with E-state index in [9.17, 15) is 22.4 Å². The predicted octanol–water partition coefficient (Wildman–Crippen LogP) is 3.33. The van der Waals surface area contributed by atoms with Crippen LogP contribution in [-0.4, -0.2) is 91.1 Å². The number of amides is 1. The van der Waals surface area contributed by atoms with Gasteiger partial charge in [0.15, 0.2) is 11.6 Å². The van der Waals surface area contributed by atoms with Gasteiger partial charge in [0.25, 0.3) is 0 Å². The largest absolute Gasteiger partial charge is 0.573 e.